The molecule has 1 aliphatic rings. The fraction of sp³-hybridized carbons (Fsp3) is 0.368. The summed E-state index contributed by atoms with van der Waals surface area (Å²) in [5.41, 5.74) is 1.92. The second-order valence-corrected chi connectivity index (χ2v) is 6.67. The third kappa shape index (κ3) is 5.86. The van der Waals surface area contributed by atoms with Crippen molar-refractivity contribution < 1.29 is 14.3 Å². The average molecular weight is 373 g/mol. The van der Waals surface area contributed by atoms with Crippen molar-refractivity contribution in [2.75, 3.05) is 37.7 Å². The molecule has 7 heteroatoms. The van der Waals surface area contributed by atoms with Gasteiger partial charge in [0.2, 0.25) is 0 Å². The highest BCUT2D eigenvalue weighted by Gasteiger charge is 2.13. The monoisotopic (exact) mass is 373 g/mol. The molecule has 1 aromatic carbocycles. The van der Waals surface area contributed by atoms with Crippen LogP contribution in [0, 0.1) is 0 Å². The van der Waals surface area contributed by atoms with E-state index in [-0.39, 0.29) is 6.61 Å². The number of aromatic nitrogens is 1. The lowest BCUT2D eigenvalue weighted by atomic mass is 10.2. The molecule has 0 radical (unpaired) electrons. The number of anilines is 1. The summed E-state index contributed by atoms with van der Waals surface area (Å²) in [5, 5.41) is 5.83. The summed E-state index contributed by atoms with van der Waals surface area (Å²) in [6.45, 7) is 4.13. The zero-order valence-corrected chi connectivity index (χ0v) is 15.4. The number of alkyl carbamates (subject to hydrolysis) is 1. The van der Waals surface area contributed by atoms with Crippen molar-refractivity contribution in [2.45, 2.75) is 13.0 Å². The van der Waals surface area contributed by atoms with Crippen LogP contribution in [-0.4, -0.2) is 43.9 Å². The van der Waals surface area contributed by atoms with Gasteiger partial charge in [0.1, 0.15) is 6.61 Å². The van der Waals surface area contributed by atoms with Gasteiger partial charge in [0.25, 0.3) is 0 Å². The number of hydrogen-bond acceptors (Lipinski definition) is 6. The fourth-order valence-electron chi connectivity index (χ4n) is 2.49. The van der Waals surface area contributed by atoms with Crippen molar-refractivity contribution in [1.29, 1.82) is 0 Å². The molecule has 3 rings (SSSR count). The molecule has 1 saturated heterocycles. The molecule has 2 aromatic rings. The SMILES string of the molecule is O=C(NCCC=Cc1csc(N2CCOCC2)n1)OCc1ccccc1. The van der Waals surface area contributed by atoms with Crippen LogP contribution >= 0.6 is 11.3 Å². The van der Waals surface area contributed by atoms with Crippen LogP contribution in [0.15, 0.2) is 41.8 Å². The van der Waals surface area contributed by atoms with Gasteiger partial charge in [-0.3, -0.25) is 0 Å². The topological polar surface area (TPSA) is 63.7 Å². The molecule has 1 aromatic heterocycles. The Hall–Kier alpha value is -2.38. The van der Waals surface area contributed by atoms with Crippen LogP contribution in [0.25, 0.3) is 6.08 Å². The van der Waals surface area contributed by atoms with Crippen molar-refractivity contribution in [3.05, 3.63) is 53.0 Å². The summed E-state index contributed by atoms with van der Waals surface area (Å²) < 4.78 is 10.5. The second-order valence-electron chi connectivity index (χ2n) is 5.83. The van der Waals surface area contributed by atoms with Gasteiger partial charge in [0.15, 0.2) is 5.13 Å². The number of nitrogens with one attached hydrogen (secondary N) is 1. The number of ether oxygens (including phenoxy) is 2. The van der Waals surface area contributed by atoms with Crippen LogP contribution < -0.4 is 10.2 Å². The Morgan fingerprint density at radius 1 is 1.31 bits per heavy atom. The molecule has 1 N–H and O–H groups in total. The van der Waals surface area contributed by atoms with Gasteiger partial charge in [-0.05, 0) is 18.1 Å². The lowest BCUT2D eigenvalue weighted by Crippen LogP contribution is -2.36. The van der Waals surface area contributed by atoms with Crippen molar-refractivity contribution in [2.24, 2.45) is 0 Å². The van der Waals surface area contributed by atoms with Crippen molar-refractivity contribution in [1.82, 2.24) is 10.3 Å². The Bertz CT molecular complexity index is 712. The first-order valence-corrected chi connectivity index (χ1v) is 9.58. The van der Waals surface area contributed by atoms with E-state index in [1.165, 1.54) is 0 Å². The number of carbonyl (C=O) groups is 1. The Labute approximate surface area is 157 Å². The van der Waals surface area contributed by atoms with E-state index in [1.54, 1.807) is 11.3 Å². The standard InChI is InChI=1S/C19H23N3O3S/c23-19(25-14-16-6-2-1-3-7-16)20-9-5-4-8-17-15-26-18(21-17)22-10-12-24-13-11-22/h1-4,6-8,15H,5,9-14H2,(H,20,23). The van der Waals surface area contributed by atoms with Crippen molar-refractivity contribution >= 4 is 28.6 Å². The Morgan fingerprint density at radius 2 is 2.12 bits per heavy atom. The van der Waals surface area contributed by atoms with Crippen LogP contribution in [0.2, 0.25) is 0 Å². The maximum absolute atomic E-state index is 11.6. The number of amides is 1. The lowest BCUT2D eigenvalue weighted by Gasteiger charge is -2.25. The van der Waals surface area contributed by atoms with E-state index in [9.17, 15) is 4.79 Å². The van der Waals surface area contributed by atoms with Crippen molar-refractivity contribution in [3.63, 3.8) is 0 Å². The molecular weight excluding hydrogens is 350 g/mol. The summed E-state index contributed by atoms with van der Waals surface area (Å²) in [4.78, 5) is 18.5. The number of thiazole rings is 1. The highest BCUT2D eigenvalue weighted by Crippen LogP contribution is 2.22. The number of nitrogens with zero attached hydrogens (tertiary/aromatic N) is 2. The zero-order chi connectivity index (χ0) is 18.0. The van der Waals surface area contributed by atoms with E-state index in [1.807, 2.05) is 47.9 Å². The lowest BCUT2D eigenvalue weighted by molar-refractivity contribution is 0.122. The minimum Gasteiger partial charge on any atom is -0.445 e. The second kappa shape index (κ2) is 9.94. The van der Waals surface area contributed by atoms with Gasteiger partial charge in [0, 0.05) is 25.0 Å². The molecule has 1 fully saturated rings. The van der Waals surface area contributed by atoms with Crippen molar-refractivity contribution in [3.8, 4) is 0 Å². The minimum absolute atomic E-state index is 0.283. The molecule has 0 unspecified atom stereocenters. The number of carbonyl (C=O) groups excluding carboxylic acids is 1. The third-order valence-corrected chi connectivity index (χ3v) is 4.79. The Kier molecular flexibility index (Phi) is 7.04. The van der Waals surface area contributed by atoms with Crippen LogP contribution in [0.1, 0.15) is 17.7 Å². The average Bonchev–Trinajstić information content (AvgIpc) is 3.16. The summed E-state index contributed by atoms with van der Waals surface area (Å²) in [7, 11) is 0. The van der Waals surface area contributed by atoms with Crippen LogP contribution in [-0.2, 0) is 16.1 Å². The molecule has 1 amide bonds. The van der Waals surface area contributed by atoms with Gasteiger partial charge in [-0.1, -0.05) is 36.4 Å². The molecule has 0 aliphatic carbocycles. The maximum atomic E-state index is 11.6. The normalized spacial score (nSPS) is 14.5. The van der Waals surface area contributed by atoms with Gasteiger partial charge in [-0.25, -0.2) is 9.78 Å². The number of morpholine rings is 1. The van der Waals surface area contributed by atoms with E-state index in [2.05, 4.69) is 15.2 Å². The van der Waals surface area contributed by atoms with Gasteiger partial charge in [0.05, 0.1) is 18.9 Å². The maximum Gasteiger partial charge on any atom is 0.407 e. The van der Waals surface area contributed by atoms with Crippen LogP contribution in [0.4, 0.5) is 9.93 Å². The molecule has 138 valence electrons. The summed E-state index contributed by atoms with van der Waals surface area (Å²) in [6, 6.07) is 9.63. The van der Waals surface area contributed by atoms with Gasteiger partial charge < -0.3 is 19.7 Å². The van der Waals surface area contributed by atoms with E-state index >= 15 is 0 Å². The molecule has 0 bridgehead atoms. The zero-order valence-electron chi connectivity index (χ0n) is 14.6. The van der Waals surface area contributed by atoms with E-state index in [4.69, 9.17) is 9.47 Å². The predicted molar refractivity (Wildman–Crippen MR) is 103 cm³/mol. The van der Waals surface area contributed by atoms with E-state index < -0.39 is 6.09 Å². The molecule has 2 heterocycles. The Morgan fingerprint density at radius 3 is 2.92 bits per heavy atom. The summed E-state index contributed by atoms with van der Waals surface area (Å²) in [6.07, 6.45) is 4.32. The van der Waals surface area contributed by atoms with Gasteiger partial charge in [-0.15, -0.1) is 11.3 Å². The van der Waals surface area contributed by atoms with E-state index in [0.717, 1.165) is 49.1 Å². The van der Waals surface area contributed by atoms with E-state index in [0.29, 0.717) is 6.54 Å². The smallest absolute Gasteiger partial charge is 0.407 e. The number of hydrogen-bond donors (Lipinski definition) is 1. The molecule has 0 saturated carbocycles. The molecule has 6 nitrogen and oxygen atoms in total. The number of benzene rings is 1. The summed E-state index contributed by atoms with van der Waals surface area (Å²) >= 11 is 1.65. The van der Waals surface area contributed by atoms with Gasteiger partial charge >= 0.3 is 6.09 Å². The van der Waals surface area contributed by atoms with Crippen LogP contribution in [0.5, 0.6) is 0 Å². The first kappa shape index (κ1) is 18.4. The quantitative estimate of drug-likeness (QED) is 0.755. The predicted octanol–water partition coefficient (Wildman–Crippen LogP) is 3.31. The third-order valence-electron chi connectivity index (χ3n) is 3.87. The van der Waals surface area contributed by atoms with Crippen LogP contribution in [0.3, 0.4) is 0 Å². The fourth-order valence-corrected chi connectivity index (χ4v) is 3.34. The number of rotatable bonds is 7. The minimum atomic E-state index is -0.398. The summed E-state index contributed by atoms with van der Waals surface area (Å²) in [5.74, 6) is 0. The molecule has 26 heavy (non-hydrogen) atoms. The molecule has 0 atom stereocenters. The first-order chi connectivity index (χ1) is 12.8. The molecular formula is C19H23N3O3S. The first-order valence-electron chi connectivity index (χ1n) is 8.70. The Balaban J connectivity index is 1.33. The highest BCUT2D eigenvalue weighted by molar-refractivity contribution is 7.13. The molecule has 1 aliphatic heterocycles. The van der Waals surface area contributed by atoms with Gasteiger partial charge in [-0.2, -0.15) is 0 Å². The largest absolute Gasteiger partial charge is 0.445 e. The highest BCUT2D eigenvalue weighted by atomic mass is 32.1. The molecule has 0 spiro atoms.